The van der Waals surface area contributed by atoms with Crippen molar-refractivity contribution >= 4 is 5.78 Å². The molecule has 0 aliphatic carbocycles. The van der Waals surface area contributed by atoms with Crippen LogP contribution >= 0.6 is 0 Å². The highest BCUT2D eigenvalue weighted by molar-refractivity contribution is 6.00. The van der Waals surface area contributed by atoms with E-state index >= 15 is 0 Å². The van der Waals surface area contributed by atoms with E-state index in [1.807, 2.05) is 43.3 Å². The minimum Gasteiger partial charge on any atom is -0.294 e. The zero-order chi connectivity index (χ0) is 13.1. The topological polar surface area (TPSA) is 17.1 Å². The third-order valence-electron chi connectivity index (χ3n) is 3.48. The molecule has 0 amide bonds. The minimum absolute atomic E-state index is 0.0910. The number of hydrogen-bond acceptors (Lipinski definition) is 1. The van der Waals surface area contributed by atoms with E-state index in [0.29, 0.717) is 0 Å². The summed E-state index contributed by atoms with van der Waals surface area (Å²) in [7, 11) is 0. The van der Waals surface area contributed by atoms with Gasteiger partial charge in [0, 0.05) is 11.5 Å². The summed E-state index contributed by atoms with van der Waals surface area (Å²) in [6.07, 6.45) is 0. The van der Waals surface area contributed by atoms with E-state index in [0.717, 1.165) is 11.1 Å². The van der Waals surface area contributed by atoms with Gasteiger partial charge in [0.2, 0.25) is 0 Å². The Labute approximate surface area is 108 Å². The van der Waals surface area contributed by atoms with E-state index in [1.165, 1.54) is 11.1 Å². The fraction of sp³-hybridized carbons (Fsp3) is 0.235. The van der Waals surface area contributed by atoms with Gasteiger partial charge in [0.05, 0.1) is 0 Å². The predicted molar refractivity (Wildman–Crippen MR) is 75.1 cm³/mol. The summed E-state index contributed by atoms with van der Waals surface area (Å²) in [5, 5.41) is 0. The van der Waals surface area contributed by atoms with Crippen LogP contribution in [-0.2, 0) is 0 Å². The quantitative estimate of drug-likeness (QED) is 0.729. The molecule has 92 valence electrons. The van der Waals surface area contributed by atoms with Crippen molar-refractivity contribution in [2.45, 2.75) is 26.7 Å². The van der Waals surface area contributed by atoms with Crippen molar-refractivity contribution < 1.29 is 4.79 Å². The number of rotatable bonds is 3. The molecule has 0 bridgehead atoms. The van der Waals surface area contributed by atoms with Gasteiger partial charge in [-0.1, -0.05) is 55.5 Å². The second kappa shape index (κ2) is 5.18. The number of carbonyl (C=O) groups excluding carboxylic acids is 1. The molecule has 2 rings (SSSR count). The maximum Gasteiger partial charge on any atom is 0.170 e. The largest absolute Gasteiger partial charge is 0.294 e. The Morgan fingerprint density at radius 2 is 1.61 bits per heavy atom. The third kappa shape index (κ3) is 2.51. The summed E-state index contributed by atoms with van der Waals surface area (Å²) < 4.78 is 0. The second-order valence-corrected chi connectivity index (χ2v) is 4.80. The highest BCUT2D eigenvalue weighted by Gasteiger charge is 2.17. The van der Waals surface area contributed by atoms with Crippen molar-refractivity contribution in [1.82, 2.24) is 0 Å². The molecule has 1 unspecified atom stereocenters. The molecule has 18 heavy (non-hydrogen) atoms. The molecular formula is C17H18O. The van der Waals surface area contributed by atoms with Gasteiger partial charge >= 0.3 is 0 Å². The fourth-order valence-corrected chi connectivity index (χ4v) is 2.04. The Bertz CT molecular complexity index is 555. The summed E-state index contributed by atoms with van der Waals surface area (Å²) in [6.45, 7) is 6.14. The van der Waals surface area contributed by atoms with Gasteiger partial charge in [-0.3, -0.25) is 4.79 Å². The maximum absolute atomic E-state index is 12.3. The molecule has 1 nitrogen and oxygen atoms in total. The molecule has 0 saturated heterocycles. The molecule has 2 aromatic rings. The molecule has 0 fully saturated rings. The molecule has 2 aromatic carbocycles. The first-order valence-electron chi connectivity index (χ1n) is 6.26. The average molecular weight is 238 g/mol. The molecule has 0 saturated carbocycles. The first kappa shape index (κ1) is 12.6. The van der Waals surface area contributed by atoms with Crippen LogP contribution in [0, 0.1) is 13.8 Å². The smallest absolute Gasteiger partial charge is 0.170 e. The lowest BCUT2D eigenvalue weighted by atomic mass is 9.90. The van der Waals surface area contributed by atoms with Gasteiger partial charge in [0.25, 0.3) is 0 Å². The van der Waals surface area contributed by atoms with Gasteiger partial charge in [-0.05, 0) is 30.5 Å². The van der Waals surface area contributed by atoms with Crippen LogP contribution in [0.15, 0.2) is 48.5 Å². The third-order valence-corrected chi connectivity index (χ3v) is 3.48. The molecule has 0 N–H and O–H groups in total. The van der Waals surface area contributed by atoms with E-state index < -0.39 is 0 Å². The monoisotopic (exact) mass is 238 g/mol. The van der Waals surface area contributed by atoms with Crippen LogP contribution in [0.25, 0.3) is 0 Å². The van der Waals surface area contributed by atoms with Crippen molar-refractivity contribution in [2.75, 3.05) is 0 Å². The van der Waals surface area contributed by atoms with Crippen LogP contribution < -0.4 is 0 Å². The van der Waals surface area contributed by atoms with Gasteiger partial charge in [-0.25, -0.2) is 0 Å². The van der Waals surface area contributed by atoms with Gasteiger partial charge in [-0.2, -0.15) is 0 Å². The van der Waals surface area contributed by atoms with Crippen molar-refractivity contribution in [3.05, 3.63) is 70.8 Å². The number of ketones is 1. The number of benzene rings is 2. The lowest BCUT2D eigenvalue weighted by Gasteiger charge is -2.12. The summed E-state index contributed by atoms with van der Waals surface area (Å²) in [4.78, 5) is 12.3. The van der Waals surface area contributed by atoms with E-state index in [2.05, 4.69) is 26.0 Å². The maximum atomic E-state index is 12.3. The Hall–Kier alpha value is -1.89. The molecule has 0 spiro atoms. The predicted octanol–water partition coefficient (Wildman–Crippen LogP) is 4.29. The molecule has 0 aliphatic rings. The van der Waals surface area contributed by atoms with Gasteiger partial charge in [-0.15, -0.1) is 0 Å². The summed E-state index contributed by atoms with van der Waals surface area (Å²) in [5.74, 6) is 0.0885. The van der Waals surface area contributed by atoms with E-state index in [9.17, 15) is 4.79 Å². The van der Waals surface area contributed by atoms with Crippen LogP contribution in [-0.4, -0.2) is 5.78 Å². The lowest BCUT2D eigenvalue weighted by molar-refractivity contribution is 0.0966. The SMILES string of the molecule is Cc1ccc(C(C)C(=O)c2ccccc2)cc1C. The molecule has 1 atom stereocenters. The van der Waals surface area contributed by atoms with Crippen molar-refractivity contribution in [3.63, 3.8) is 0 Å². The first-order chi connectivity index (χ1) is 8.59. The standard InChI is InChI=1S/C17H18O/c1-12-9-10-16(11-13(12)2)14(3)17(18)15-7-5-4-6-8-15/h4-11,14H,1-3H3. The van der Waals surface area contributed by atoms with E-state index in [4.69, 9.17) is 0 Å². The van der Waals surface area contributed by atoms with Gasteiger partial charge in [0.1, 0.15) is 0 Å². The first-order valence-corrected chi connectivity index (χ1v) is 6.26. The lowest BCUT2D eigenvalue weighted by Crippen LogP contribution is -2.09. The molecule has 1 heteroatoms. The van der Waals surface area contributed by atoms with Gasteiger partial charge < -0.3 is 0 Å². The molecule has 0 radical (unpaired) electrons. The molecule has 0 aliphatic heterocycles. The van der Waals surface area contributed by atoms with Crippen molar-refractivity contribution in [2.24, 2.45) is 0 Å². The second-order valence-electron chi connectivity index (χ2n) is 4.80. The number of Topliss-reactive ketones (excluding diaryl/α,β-unsaturated/α-hetero) is 1. The summed E-state index contributed by atoms with van der Waals surface area (Å²) in [5.41, 5.74) is 4.37. The Kier molecular flexibility index (Phi) is 3.61. The summed E-state index contributed by atoms with van der Waals surface area (Å²) >= 11 is 0. The number of aryl methyl sites for hydroxylation is 2. The van der Waals surface area contributed by atoms with E-state index in [1.54, 1.807) is 0 Å². The normalized spacial score (nSPS) is 12.2. The molecular weight excluding hydrogens is 220 g/mol. The highest BCUT2D eigenvalue weighted by atomic mass is 16.1. The zero-order valence-electron chi connectivity index (χ0n) is 11.1. The van der Waals surface area contributed by atoms with Crippen LogP contribution in [0.4, 0.5) is 0 Å². The Morgan fingerprint density at radius 1 is 0.944 bits per heavy atom. The van der Waals surface area contributed by atoms with Crippen molar-refractivity contribution in [1.29, 1.82) is 0 Å². The van der Waals surface area contributed by atoms with E-state index in [-0.39, 0.29) is 11.7 Å². The Balaban J connectivity index is 2.28. The fourth-order valence-electron chi connectivity index (χ4n) is 2.04. The molecule has 0 heterocycles. The average Bonchev–Trinajstić information content (AvgIpc) is 2.41. The zero-order valence-corrected chi connectivity index (χ0v) is 11.1. The van der Waals surface area contributed by atoms with Crippen molar-refractivity contribution in [3.8, 4) is 0 Å². The Morgan fingerprint density at radius 3 is 2.22 bits per heavy atom. The number of carbonyl (C=O) groups is 1. The van der Waals surface area contributed by atoms with Crippen LogP contribution in [0.1, 0.15) is 39.9 Å². The van der Waals surface area contributed by atoms with Gasteiger partial charge in [0.15, 0.2) is 5.78 Å². The van der Waals surface area contributed by atoms with Crippen LogP contribution in [0.3, 0.4) is 0 Å². The number of hydrogen-bond donors (Lipinski definition) is 0. The minimum atomic E-state index is -0.0910. The van der Waals surface area contributed by atoms with Crippen LogP contribution in [0.2, 0.25) is 0 Å². The van der Waals surface area contributed by atoms with Crippen LogP contribution in [0.5, 0.6) is 0 Å². The molecule has 0 aromatic heterocycles. The highest BCUT2D eigenvalue weighted by Crippen LogP contribution is 2.22. The summed E-state index contributed by atoms with van der Waals surface area (Å²) in [6, 6.07) is 15.7.